The van der Waals surface area contributed by atoms with E-state index in [-0.39, 0.29) is 23.6 Å². The Kier molecular flexibility index (Phi) is 6.73. The zero-order valence-electron chi connectivity index (χ0n) is 14.2. The van der Waals surface area contributed by atoms with Crippen LogP contribution in [-0.4, -0.2) is 25.0 Å². The summed E-state index contributed by atoms with van der Waals surface area (Å²) in [4.78, 5) is 23.3. The van der Waals surface area contributed by atoms with Gasteiger partial charge < -0.3 is 20.5 Å². The van der Waals surface area contributed by atoms with Crippen molar-refractivity contribution in [1.82, 2.24) is 0 Å². The van der Waals surface area contributed by atoms with Gasteiger partial charge in [-0.05, 0) is 47.1 Å². The molecule has 0 heterocycles. The van der Waals surface area contributed by atoms with Crippen LogP contribution in [0.1, 0.15) is 22.8 Å². The van der Waals surface area contributed by atoms with Gasteiger partial charge in [-0.25, -0.2) is 4.39 Å². The quantitative estimate of drug-likeness (QED) is 0.693. The Bertz CT molecular complexity index is 928. The highest BCUT2D eigenvalue weighted by Gasteiger charge is 2.15. The standard InChI is InChI=1S/C18H15BrFN3O4/c1-2-26-15-6-10(8-21)5-13(19)17(15)27-9-16(24)23-11-3-4-14(20)12(7-11)18(22)25/h3-7H,2,9H2,1H3,(H2,22,25)(H,23,24). The number of amides is 2. The lowest BCUT2D eigenvalue weighted by atomic mass is 10.2. The van der Waals surface area contributed by atoms with Gasteiger partial charge in [0.1, 0.15) is 5.82 Å². The third-order valence-corrected chi connectivity index (χ3v) is 3.89. The van der Waals surface area contributed by atoms with Gasteiger partial charge in [-0.15, -0.1) is 0 Å². The molecule has 0 aliphatic heterocycles. The number of benzene rings is 2. The van der Waals surface area contributed by atoms with Gasteiger partial charge in [0.15, 0.2) is 18.1 Å². The lowest BCUT2D eigenvalue weighted by molar-refractivity contribution is -0.118. The third-order valence-electron chi connectivity index (χ3n) is 3.30. The molecule has 140 valence electrons. The van der Waals surface area contributed by atoms with E-state index < -0.39 is 17.6 Å². The first-order chi connectivity index (χ1) is 12.8. The molecule has 2 aromatic carbocycles. The summed E-state index contributed by atoms with van der Waals surface area (Å²) in [6, 6.07) is 8.50. The molecule has 0 radical (unpaired) electrons. The molecule has 0 fully saturated rings. The van der Waals surface area contributed by atoms with Gasteiger partial charge in [-0.1, -0.05) is 0 Å². The molecule has 0 unspecified atom stereocenters. The number of hydrogen-bond acceptors (Lipinski definition) is 5. The molecular weight excluding hydrogens is 421 g/mol. The largest absolute Gasteiger partial charge is 0.490 e. The summed E-state index contributed by atoms with van der Waals surface area (Å²) >= 11 is 3.28. The zero-order valence-corrected chi connectivity index (χ0v) is 15.8. The van der Waals surface area contributed by atoms with Crippen molar-refractivity contribution in [3.63, 3.8) is 0 Å². The second-order valence-electron chi connectivity index (χ2n) is 5.23. The summed E-state index contributed by atoms with van der Waals surface area (Å²) < 4.78 is 24.9. The summed E-state index contributed by atoms with van der Waals surface area (Å²) in [6.07, 6.45) is 0. The van der Waals surface area contributed by atoms with E-state index in [2.05, 4.69) is 21.2 Å². The molecule has 0 spiro atoms. The number of hydrogen-bond donors (Lipinski definition) is 2. The van der Waals surface area contributed by atoms with Gasteiger partial charge in [0.2, 0.25) is 0 Å². The van der Waals surface area contributed by atoms with Crippen molar-refractivity contribution in [2.24, 2.45) is 5.73 Å². The van der Waals surface area contributed by atoms with Gasteiger partial charge in [0.05, 0.1) is 28.3 Å². The molecule has 2 aromatic rings. The van der Waals surface area contributed by atoms with Crippen LogP contribution in [0.25, 0.3) is 0 Å². The molecule has 0 aromatic heterocycles. The Morgan fingerprint density at radius 2 is 2.04 bits per heavy atom. The molecule has 9 heteroatoms. The van der Waals surface area contributed by atoms with Crippen molar-refractivity contribution < 1.29 is 23.5 Å². The predicted molar refractivity (Wildman–Crippen MR) is 99.1 cm³/mol. The number of nitrogens with two attached hydrogens (primary N) is 1. The zero-order chi connectivity index (χ0) is 20.0. The molecule has 0 aliphatic carbocycles. The van der Waals surface area contributed by atoms with Crippen LogP contribution < -0.4 is 20.5 Å². The lowest BCUT2D eigenvalue weighted by Crippen LogP contribution is -2.21. The molecule has 0 atom stereocenters. The average Bonchev–Trinajstić information content (AvgIpc) is 2.62. The molecular formula is C18H15BrFN3O4. The van der Waals surface area contributed by atoms with E-state index in [1.54, 1.807) is 6.92 Å². The molecule has 2 amide bonds. The molecule has 3 N–H and O–H groups in total. The van der Waals surface area contributed by atoms with Crippen LogP contribution in [0.4, 0.5) is 10.1 Å². The maximum absolute atomic E-state index is 13.5. The number of primary amides is 1. The number of nitrogens with zero attached hydrogens (tertiary/aromatic N) is 1. The first-order valence-electron chi connectivity index (χ1n) is 7.74. The number of carbonyl (C=O) groups is 2. The second kappa shape index (κ2) is 9.00. The van der Waals surface area contributed by atoms with Crippen molar-refractivity contribution in [1.29, 1.82) is 5.26 Å². The summed E-state index contributed by atoms with van der Waals surface area (Å²) in [5.41, 5.74) is 5.31. The molecule has 0 bridgehead atoms. The summed E-state index contributed by atoms with van der Waals surface area (Å²) in [5.74, 6) is -1.69. The smallest absolute Gasteiger partial charge is 0.262 e. The Balaban J connectivity index is 2.11. The van der Waals surface area contributed by atoms with Gasteiger partial charge >= 0.3 is 0 Å². The van der Waals surface area contributed by atoms with Gasteiger partial charge in [0, 0.05) is 11.8 Å². The van der Waals surface area contributed by atoms with Gasteiger partial charge in [0.25, 0.3) is 11.8 Å². The highest BCUT2D eigenvalue weighted by molar-refractivity contribution is 9.10. The van der Waals surface area contributed by atoms with E-state index >= 15 is 0 Å². The minimum absolute atomic E-state index is 0.197. The summed E-state index contributed by atoms with van der Waals surface area (Å²) in [5, 5.41) is 11.5. The van der Waals surface area contributed by atoms with Crippen molar-refractivity contribution >= 4 is 33.4 Å². The van der Waals surface area contributed by atoms with Crippen LogP contribution in [0.15, 0.2) is 34.8 Å². The highest BCUT2D eigenvalue weighted by atomic mass is 79.9. The SMILES string of the molecule is CCOc1cc(C#N)cc(Br)c1OCC(=O)Nc1ccc(F)c(C(N)=O)c1. The average molecular weight is 436 g/mol. The number of carbonyl (C=O) groups excluding carboxylic acids is 2. The fourth-order valence-electron chi connectivity index (χ4n) is 2.16. The number of nitrogens with one attached hydrogen (secondary N) is 1. The minimum Gasteiger partial charge on any atom is -0.490 e. The second-order valence-corrected chi connectivity index (χ2v) is 6.08. The molecule has 0 aliphatic rings. The monoisotopic (exact) mass is 435 g/mol. The number of anilines is 1. The fraction of sp³-hybridized carbons (Fsp3) is 0.167. The van der Waals surface area contributed by atoms with Gasteiger partial charge in [-0.3, -0.25) is 9.59 Å². The van der Waals surface area contributed by atoms with Crippen LogP contribution in [0, 0.1) is 17.1 Å². The third kappa shape index (κ3) is 5.18. The Morgan fingerprint density at radius 1 is 1.30 bits per heavy atom. The maximum atomic E-state index is 13.5. The van der Waals surface area contributed by atoms with Gasteiger partial charge in [-0.2, -0.15) is 5.26 Å². The summed E-state index contributed by atoms with van der Waals surface area (Å²) in [6.45, 7) is 1.73. The van der Waals surface area contributed by atoms with Crippen molar-refractivity contribution in [2.45, 2.75) is 6.92 Å². The molecule has 7 nitrogen and oxygen atoms in total. The lowest BCUT2D eigenvalue weighted by Gasteiger charge is -2.14. The van der Waals surface area contributed by atoms with E-state index in [9.17, 15) is 14.0 Å². The fourth-order valence-corrected chi connectivity index (χ4v) is 2.72. The maximum Gasteiger partial charge on any atom is 0.262 e. The Hall–Kier alpha value is -3.12. The first-order valence-corrected chi connectivity index (χ1v) is 8.53. The Labute approximate surface area is 163 Å². The number of rotatable bonds is 7. The van der Waals surface area contributed by atoms with Crippen molar-refractivity contribution in [3.8, 4) is 17.6 Å². The van der Waals surface area contributed by atoms with E-state index in [0.29, 0.717) is 22.4 Å². The van der Waals surface area contributed by atoms with Crippen molar-refractivity contribution in [2.75, 3.05) is 18.5 Å². The van der Waals surface area contributed by atoms with E-state index in [1.165, 1.54) is 18.2 Å². The number of nitriles is 1. The molecule has 2 rings (SSSR count). The summed E-state index contributed by atoms with van der Waals surface area (Å²) in [7, 11) is 0. The predicted octanol–water partition coefficient (Wildman–Crippen LogP) is 2.97. The van der Waals surface area contributed by atoms with Crippen LogP contribution >= 0.6 is 15.9 Å². The number of ether oxygens (including phenoxy) is 2. The Morgan fingerprint density at radius 3 is 2.67 bits per heavy atom. The van der Waals surface area contributed by atoms with Crippen LogP contribution in [0.5, 0.6) is 11.5 Å². The van der Waals surface area contributed by atoms with E-state index in [4.69, 9.17) is 20.5 Å². The molecule has 0 saturated carbocycles. The van der Waals surface area contributed by atoms with Crippen LogP contribution in [0.2, 0.25) is 0 Å². The normalized spacial score (nSPS) is 10.0. The molecule has 27 heavy (non-hydrogen) atoms. The van der Waals surface area contributed by atoms with Crippen LogP contribution in [0.3, 0.4) is 0 Å². The highest BCUT2D eigenvalue weighted by Crippen LogP contribution is 2.36. The first kappa shape index (κ1) is 20.2. The number of halogens is 2. The van der Waals surface area contributed by atoms with E-state index in [0.717, 1.165) is 12.1 Å². The molecule has 0 saturated heterocycles. The van der Waals surface area contributed by atoms with Crippen molar-refractivity contribution in [3.05, 3.63) is 51.7 Å². The minimum atomic E-state index is -0.942. The topological polar surface area (TPSA) is 114 Å². The van der Waals surface area contributed by atoms with E-state index in [1.807, 2.05) is 6.07 Å². The van der Waals surface area contributed by atoms with Crippen LogP contribution in [-0.2, 0) is 4.79 Å².